The summed E-state index contributed by atoms with van der Waals surface area (Å²) >= 11 is 9.60. The van der Waals surface area contributed by atoms with Crippen molar-refractivity contribution < 1.29 is 5.11 Å². The lowest BCUT2D eigenvalue weighted by molar-refractivity contribution is 0.250. The molecule has 1 unspecified atom stereocenters. The standard InChI is InChI=1S/C16H24BrClN4O/c1-2-3-4-5-6-7-8-12(9-10-23)22-15-13(21-16(22)17)14(18)19-11-20-15/h11-12,23H,2-10H2,1H3. The maximum atomic E-state index is 9.42. The van der Waals surface area contributed by atoms with Crippen LogP contribution in [0, 0.1) is 0 Å². The first-order chi connectivity index (χ1) is 11.2. The Morgan fingerprint density at radius 2 is 1.91 bits per heavy atom. The summed E-state index contributed by atoms with van der Waals surface area (Å²) in [6, 6.07) is 0.163. The molecule has 0 aliphatic heterocycles. The summed E-state index contributed by atoms with van der Waals surface area (Å²) < 4.78 is 2.73. The largest absolute Gasteiger partial charge is 0.396 e. The number of rotatable bonds is 10. The summed E-state index contributed by atoms with van der Waals surface area (Å²) in [7, 11) is 0. The fourth-order valence-electron chi connectivity index (χ4n) is 2.89. The van der Waals surface area contributed by atoms with Crippen LogP contribution in [0.3, 0.4) is 0 Å². The van der Waals surface area contributed by atoms with Gasteiger partial charge in [-0.3, -0.25) is 4.57 Å². The van der Waals surface area contributed by atoms with Gasteiger partial charge in [0.05, 0.1) is 0 Å². The zero-order valence-electron chi connectivity index (χ0n) is 13.5. The van der Waals surface area contributed by atoms with E-state index in [0.717, 1.165) is 18.5 Å². The molecule has 0 fully saturated rings. The van der Waals surface area contributed by atoms with Crippen LogP contribution in [0.5, 0.6) is 0 Å². The minimum Gasteiger partial charge on any atom is -0.396 e. The lowest BCUT2D eigenvalue weighted by Crippen LogP contribution is -2.12. The first-order valence-electron chi connectivity index (χ1n) is 8.33. The van der Waals surface area contributed by atoms with Gasteiger partial charge in [0, 0.05) is 12.6 Å². The predicted molar refractivity (Wildman–Crippen MR) is 96.8 cm³/mol. The predicted octanol–water partition coefficient (Wildman–Crippen LogP) is 4.92. The van der Waals surface area contributed by atoms with Gasteiger partial charge < -0.3 is 5.11 Å². The van der Waals surface area contributed by atoms with E-state index in [1.54, 1.807) is 0 Å². The van der Waals surface area contributed by atoms with Crippen LogP contribution < -0.4 is 0 Å². The van der Waals surface area contributed by atoms with Crippen LogP contribution in [-0.4, -0.2) is 31.2 Å². The molecule has 0 saturated carbocycles. The van der Waals surface area contributed by atoms with Crippen LogP contribution in [0.1, 0.15) is 64.3 Å². The van der Waals surface area contributed by atoms with Gasteiger partial charge in [0.15, 0.2) is 15.5 Å². The molecular formula is C16H24BrClN4O. The van der Waals surface area contributed by atoms with Crippen molar-refractivity contribution in [1.82, 2.24) is 19.5 Å². The van der Waals surface area contributed by atoms with Gasteiger partial charge in [-0.25, -0.2) is 15.0 Å². The van der Waals surface area contributed by atoms with Gasteiger partial charge in [0.2, 0.25) is 0 Å². The average Bonchev–Trinajstić information content (AvgIpc) is 2.87. The first kappa shape index (κ1) is 18.6. The Kier molecular flexibility index (Phi) is 7.73. The van der Waals surface area contributed by atoms with E-state index < -0.39 is 0 Å². The number of nitrogens with zero attached hydrogens (tertiary/aromatic N) is 4. The van der Waals surface area contributed by atoms with E-state index >= 15 is 0 Å². The van der Waals surface area contributed by atoms with Crippen molar-refractivity contribution >= 4 is 38.7 Å². The molecular weight excluding hydrogens is 380 g/mol. The summed E-state index contributed by atoms with van der Waals surface area (Å²) in [5, 5.41) is 9.78. The summed E-state index contributed by atoms with van der Waals surface area (Å²) in [5.41, 5.74) is 1.33. The Morgan fingerprint density at radius 1 is 1.17 bits per heavy atom. The van der Waals surface area contributed by atoms with E-state index in [4.69, 9.17) is 11.6 Å². The van der Waals surface area contributed by atoms with Crippen molar-refractivity contribution in [2.24, 2.45) is 0 Å². The Morgan fingerprint density at radius 3 is 2.65 bits per heavy atom. The molecule has 1 atom stereocenters. The van der Waals surface area contributed by atoms with Crippen molar-refractivity contribution in [3.05, 3.63) is 16.2 Å². The zero-order valence-corrected chi connectivity index (χ0v) is 15.9. The fourth-order valence-corrected chi connectivity index (χ4v) is 3.70. The van der Waals surface area contributed by atoms with Crippen molar-refractivity contribution in [1.29, 1.82) is 0 Å². The fraction of sp³-hybridized carbons (Fsp3) is 0.688. The number of fused-ring (bicyclic) bond motifs is 1. The Hall–Kier alpha value is -0.720. The molecule has 0 bridgehead atoms. The maximum Gasteiger partial charge on any atom is 0.179 e. The van der Waals surface area contributed by atoms with Crippen LogP contribution in [0.25, 0.3) is 11.2 Å². The molecule has 5 nitrogen and oxygen atoms in total. The highest BCUT2D eigenvalue weighted by atomic mass is 79.9. The second-order valence-corrected chi connectivity index (χ2v) is 6.88. The number of aliphatic hydroxyl groups is 1. The van der Waals surface area contributed by atoms with E-state index in [-0.39, 0.29) is 12.6 Å². The topological polar surface area (TPSA) is 63.8 Å². The highest BCUT2D eigenvalue weighted by Crippen LogP contribution is 2.30. The molecule has 0 radical (unpaired) electrons. The van der Waals surface area contributed by atoms with Gasteiger partial charge >= 0.3 is 0 Å². The normalized spacial score (nSPS) is 12.9. The molecule has 0 aromatic carbocycles. The zero-order chi connectivity index (χ0) is 16.7. The first-order valence-corrected chi connectivity index (χ1v) is 9.50. The third-order valence-electron chi connectivity index (χ3n) is 4.11. The lowest BCUT2D eigenvalue weighted by atomic mass is 10.0. The molecule has 0 amide bonds. The van der Waals surface area contributed by atoms with Crippen LogP contribution >= 0.6 is 27.5 Å². The van der Waals surface area contributed by atoms with Crippen molar-refractivity contribution in [2.75, 3.05) is 6.61 Å². The number of hydrogen-bond acceptors (Lipinski definition) is 4. The van der Waals surface area contributed by atoms with E-state index in [1.165, 1.54) is 38.4 Å². The van der Waals surface area contributed by atoms with Gasteiger partial charge in [0.1, 0.15) is 11.8 Å². The molecule has 1 N–H and O–H groups in total. The van der Waals surface area contributed by atoms with Crippen LogP contribution in [-0.2, 0) is 0 Å². The molecule has 2 aromatic rings. The minimum absolute atomic E-state index is 0.144. The molecule has 0 saturated heterocycles. The number of halogens is 2. The van der Waals surface area contributed by atoms with Crippen molar-refractivity contribution in [2.45, 2.75) is 64.3 Å². The van der Waals surface area contributed by atoms with Crippen molar-refractivity contribution in [3.8, 4) is 0 Å². The second-order valence-electron chi connectivity index (χ2n) is 5.81. The van der Waals surface area contributed by atoms with E-state index in [1.807, 2.05) is 4.57 Å². The third kappa shape index (κ3) is 4.88. The van der Waals surface area contributed by atoms with Crippen LogP contribution in [0.15, 0.2) is 11.1 Å². The van der Waals surface area contributed by atoms with Gasteiger partial charge in [-0.1, -0.05) is 57.0 Å². The number of unbranched alkanes of at least 4 members (excludes halogenated alkanes) is 5. The van der Waals surface area contributed by atoms with Crippen molar-refractivity contribution in [3.63, 3.8) is 0 Å². The van der Waals surface area contributed by atoms with Crippen LogP contribution in [0.4, 0.5) is 0 Å². The van der Waals surface area contributed by atoms with E-state index in [2.05, 4.69) is 37.8 Å². The van der Waals surface area contributed by atoms with Gasteiger partial charge in [-0.05, 0) is 28.8 Å². The molecule has 0 aliphatic carbocycles. The van der Waals surface area contributed by atoms with E-state index in [0.29, 0.717) is 21.8 Å². The monoisotopic (exact) mass is 402 g/mol. The Bertz CT molecular complexity index is 619. The molecule has 2 rings (SSSR count). The molecule has 2 aromatic heterocycles. The summed E-state index contributed by atoms with van der Waals surface area (Å²) in [4.78, 5) is 12.7. The number of imidazole rings is 1. The average molecular weight is 404 g/mol. The maximum absolute atomic E-state index is 9.42. The lowest BCUT2D eigenvalue weighted by Gasteiger charge is -2.19. The Balaban J connectivity index is 2.08. The third-order valence-corrected chi connectivity index (χ3v) is 4.94. The highest BCUT2D eigenvalue weighted by Gasteiger charge is 2.20. The molecule has 2 heterocycles. The summed E-state index contributed by atoms with van der Waals surface area (Å²) in [5.74, 6) is 0. The molecule has 128 valence electrons. The van der Waals surface area contributed by atoms with Gasteiger partial charge in [-0.15, -0.1) is 0 Å². The second kappa shape index (κ2) is 9.55. The quantitative estimate of drug-likeness (QED) is 0.347. The molecule has 7 heteroatoms. The molecule has 0 aliphatic rings. The molecule has 0 spiro atoms. The number of aliphatic hydroxyl groups excluding tert-OH is 1. The van der Waals surface area contributed by atoms with E-state index in [9.17, 15) is 5.11 Å². The number of hydrogen-bond donors (Lipinski definition) is 1. The smallest absolute Gasteiger partial charge is 0.179 e. The number of aromatic nitrogens is 4. The van der Waals surface area contributed by atoms with Gasteiger partial charge in [0.25, 0.3) is 0 Å². The molecule has 23 heavy (non-hydrogen) atoms. The summed E-state index contributed by atoms with van der Waals surface area (Å²) in [6.07, 6.45) is 10.7. The minimum atomic E-state index is 0.144. The SMILES string of the molecule is CCCCCCCCC(CCO)n1c(Br)nc2c(Cl)ncnc21. The highest BCUT2D eigenvalue weighted by molar-refractivity contribution is 9.10. The van der Waals surface area contributed by atoms with Gasteiger partial charge in [-0.2, -0.15) is 0 Å². The Labute approximate surface area is 150 Å². The van der Waals surface area contributed by atoms with Crippen LogP contribution in [0.2, 0.25) is 5.15 Å². The summed E-state index contributed by atoms with van der Waals surface area (Å²) in [6.45, 7) is 2.37.